The molecule has 2 aromatic heterocycles. The number of hydrogen-bond acceptors (Lipinski definition) is 3. The van der Waals surface area contributed by atoms with Gasteiger partial charge in [0.05, 0.1) is 10.7 Å². The lowest BCUT2D eigenvalue weighted by Crippen LogP contribution is -1.94. The molecule has 0 fully saturated rings. The molecule has 2 heterocycles. The van der Waals surface area contributed by atoms with Crippen molar-refractivity contribution < 1.29 is 4.74 Å². The van der Waals surface area contributed by atoms with Crippen LogP contribution in [0.4, 0.5) is 0 Å². The van der Waals surface area contributed by atoms with Gasteiger partial charge in [0.15, 0.2) is 5.75 Å². The first kappa shape index (κ1) is 8.74. The van der Waals surface area contributed by atoms with E-state index in [2.05, 4.69) is 32.8 Å². The lowest BCUT2D eigenvalue weighted by atomic mass is 10.4. The second-order valence-corrected chi connectivity index (χ2v) is 3.80. The molecule has 0 atom stereocenters. The van der Waals surface area contributed by atoms with Gasteiger partial charge in [-0.1, -0.05) is 0 Å². The van der Waals surface area contributed by atoms with Gasteiger partial charge in [0.25, 0.3) is 0 Å². The molecule has 0 saturated carbocycles. The van der Waals surface area contributed by atoms with Crippen molar-refractivity contribution >= 4 is 28.2 Å². The largest absolute Gasteiger partial charge is 0.492 e. The van der Waals surface area contributed by atoms with Crippen molar-refractivity contribution in [2.24, 2.45) is 0 Å². The van der Waals surface area contributed by atoms with E-state index >= 15 is 0 Å². The Hall–Kier alpha value is -0.850. The minimum atomic E-state index is 0.770. The average molecular weight is 289 g/mol. The molecule has 0 aliphatic carbocycles. The Morgan fingerprint density at radius 3 is 2.92 bits per heavy atom. The number of halogens is 1. The third-order valence-electron chi connectivity index (χ3n) is 1.86. The highest BCUT2D eigenvalue weighted by atomic mass is 127. The minimum absolute atomic E-state index is 0.770. The second-order valence-electron chi connectivity index (χ2n) is 2.64. The van der Waals surface area contributed by atoms with E-state index in [1.807, 2.05) is 23.6 Å². The zero-order valence-electron chi connectivity index (χ0n) is 7.28. The number of aryl methyl sites for hydroxylation is 1. The Kier molecular flexibility index (Phi) is 2.10. The number of hydrogen-bond donors (Lipinski definition) is 0. The number of rotatable bonds is 1. The predicted molar refractivity (Wildman–Crippen MR) is 57.0 cm³/mol. The van der Waals surface area contributed by atoms with E-state index in [0.717, 1.165) is 20.8 Å². The van der Waals surface area contributed by atoms with Crippen LogP contribution in [0.15, 0.2) is 12.3 Å². The summed E-state index contributed by atoms with van der Waals surface area (Å²) in [5.41, 5.74) is 0.770. The van der Waals surface area contributed by atoms with Crippen molar-refractivity contribution in [3.8, 4) is 5.75 Å². The summed E-state index contributed by atoms with van der Waals surface area (Å²) in [6.07, 6.45) is 1.94. The molecule has 0 amide bonds. The summed E-state index contributed by atoms with van der Waals surface area (Å²) in [5, 5.41) is 8.01. The maximum atomic E-state index is 5.24. The molecule has 0 bridgehead atoms. The SMILES string of the molecule is COc1c(I)ccn2c(C)nnc12. The van der Waals surface area contributed by atoms with E-state index in [1.54, 1.807) is 7.11 Å². The van der Waals surface area contributed by atoms with Gasteiger partial charge in [-0.3, -0.25) is 4.40 Å². The van der Waals surface area contributed by atoms with Crippen molar-refractivity contribution in [2.45, 2.75) is 6.92 Å². The van der Waals surface area contributed by atoms with E-state index in [0.29, 0.717) is 0 Å². The number of pyridine rings is 1. The quantitative estimate of drug-likeness (QED) is 0.749. The van der Waals surface area contributed by atoms with Crippen LogP contribution in [0.1, 0.15) is 5.82 Å². The van der Waals surface area contributed by atoms with Crippen LogP contribution in [-0.4, -0.2) is 21.7 Å². The van der Waals surface area contributed by atoms with Gasteiger partial charge in [0.1, 0.15) is 5.82 Å². The van der Waals surface area contributed by atoms with Crippen molar-refractivity contribution in [1.82, 2.24) is 14.6 Å². The first-order valence-electron chi connectivity index (χ1n) is 3.78. The molecule has 2 rings (SSSR count). The highest BCUT2D eigenvalue weighted by Gasteiger charge is 2.09. The van der Waals surface area contributed by atoms with Crippen LogP contribution in [0.25, 0.3) is 5.65 Å². The molecular formula is C8H8IN3O. The molecule has 0 aliphatic rings. The Labute approximate surface area is 89.1 Å². The first-order chi connectivity index (χ1) is 6.24. The van der Waals surface area contributed by atoms with E-state index in [-0.39, 0.29) is 0 Å². The molecule has 13 heavy (non-hydrogen) atoms. The zero-order chi connectivity index (χ0) is 9.42. The third-order valence-corrected chi connectivity index (χ3v) is 2.71. The van der Waals surface area contributed by atoms with Crippen LogP contribution in [0.2, 0.25) is 0 Å². The van der Waals surface area contributed by atoms with Gasteiger partial charge in [0, 0.05) is 6.20 Å². The lowest BCUT2D eigenvalue weighted by molar-refractivity contribution is 0.414. The fraction of sp³-hybridized carbons (Fsp3) is 0.250. The predicted octanol–water partition coefficient (Wildman–Crippen LogP) is 1.65. The van der Waals surface area contributed by atoms with E-state index in [4.69, 9.17) is 4.74 Å². The Morgan fingerprint density at radius 1 is 1.46 bits per heavy atom. The normalized spacial score (nSPS) is 10.7. The molecule has 2 aromatic rings. The summed E-state index contributed by atoms with van der Waals surface area (Å²) in [5.74, 6) is 1.65. The molecular weight excluding hydrogens is 281 g/mol. The minimum Gasteiger partial charge on any atom is -0.492 e. The van der Waals surface area contributed by atoms with Gasteiger partial charge >= 0.3 is 0 Å². The molecule has 0 saturated heterocycles. The standard InChI is InChI=1S/C8H8IN3O/c1-5-10-11-8-7(13-2)6(9)3-4-12(5)8/h3-4H,1-2H3. The molecule has 0 aliphatic heterocycles. The summed E-state index contributed by atoms with van der Waals surface area (Å²) in [4.78, 5) is 0. The molecule has 68 valence electrons. The third kappa shape index (κ3) is 1.27. The number of methoxy groups -OCH3 is 1. The molecule has 0 N–H and O–H groups in total. The van der Waals surface area contributed by atoms with Gasteiger partial charge in [-0.2, -0.15) is 0 Å². The average Bonchev–Trinajstić information content (AvgIpc) is 2.48. The maximum Gasteiger partial charge on any atom is 0.204 e. The molecule has 0 unspecified atom stereocenters. The summed E-state index contributed by atoms with van der Waals surface area (Å²) < 4.78 is 8.19. The summed E-state index contributed by atoms with van der Waals surface area (Å²) in [6.45, 7) is 1.91. The van der Waals surface area contributed by atoms with Crippen LogP contribution in [0.3, 0.4) is 0 Å². The van der Waals surface area contributed by atoms with Crippen LogP contribution in [0.5, 0.6) is 5.75 Å². The van der Waals surface area contributed by atoms with Crippen molar-refractivity contribution in [3.05, 3.63) is 21.7 Å². The summed E-state index contributed by atoms with van der Waals surface area (Å²) in [6, 6.07) is 1.97. The first-order valence-corrected chi connectivity index (χ1v) is 4.85. The highest BCUT2D eigenvalue weighted by molar-refractivity contribution is 14.1. The fourth-order valence-electron chi connectivity index (χ4n) is 1.21. The Balaban J connectivity index is 2.85. The van der Waals surface area contributed by atoms with Crippen LogP contribution < -0.4 is 4.74 Å². The van der Waals surface area contributed by atoms with Gasteiger partial charge < -0.3 is 4.74 Å². The number of nitrogens with zero attached hydrogens (tertiary/aromatic N) is 3. The Morgan fingerprint density at radius 2 is 2.23 bits per heavy atom. The summed E-state index contributed by atoms with van der Waals surface area (Å²) in [7, 11) is 1.64. The number of ether oxygens (including phenoxy) is 1. The van der Waals surface area contributed by atoms with E-state index in [1.165, 1.54) is 0 Å². The van der Waals surface area contributed by atoms with E-state index in [9.17, 15) is 0 Å². The lowest BCUT2D eigenvalue weighted by Gasteiger charge is -2.03. The molecule has 0 radical (unpaired) electrons. The highest BCUT2D eigenvalue weighted by Crippen LogP contribution is 2.24. The molecule has 4 nitrogen and oxygen atoms in total. The fourth-order valence-corrected chi connectivity index (χ4v) is 1.84. The molecule has 0 aromatic carbocycles. The van der Waals surface area contributed by atoms with Gasteiger partial charge in [-0.15, -0.1) is 10.2 Å². The monoisotopic (exact) mass is 289 g/mol. The van der Waals surface area contributed by atoms with Crippen LogP contribution in [-0.2, 0) is 0 Å². The van der Waals surface area contributed by atoms with E-state index < -0.39 is 0 Å². The van der Waals surface area contributed by atoms with Crippen molar-refractivity contribution in [3.63, 3.8) is 0 Å². The van der Waals surface area contributed by atoms with Crippen LogP contribution in [0, 0.1) is 10.5 Å². The zero-order valence-corrected chi connectivity index (χ0v) is 9.44. The van der Waals surface area contributed by atoms with Gasteiger partial charge in [0.2, 0.25) is 5.65 Å². The van der Waals surface area contributed by atoms with Crippen molar-refractivity contribution in [1.29, 1.82) is 0 Å². The number of fused-ring (bicyclic) bond motifs is 1. The molecule has 5 heteroatoms. The van der Waals surface area contributed by atoms with Gasteiger partial charge in [-0.05, 0) is 35.6 Å². The second kappa shape index (κ2) is 3.13. The van der Waals surface area contributed by atoms with Gasteiger partial charge in [-0.25, -0.2) is 0 Å². The Bertz CT molecular complexity index is 452. The maximum absolute atomic E-state index is 5.24. The topological polar surface area (TPSA) is 39.4 Å². The van der Waals surface area contributed by atoms with Crippen molar-refractivity contribution in [2.75, 3.05) is 7.11 Å². The number of aromatic nitrogens is 3. The van der Waals surface area contributed by atoms with Crippen LogP contribution >= 0.6 is 22.6 Å². The molecule has 0 spiro atoms. The smallest absolute Gasteiger partial charge is 0.204 e. The summed E-state index contributed by atoms with van der Waals surface area (Å²) >= 11 is 2.21.